The zero-order valence-electron chi connectivity index (χ0n) is 12.3. The van der Waals surface area contributed by atoms with Crippen LogP contribution in [0.2, 0.25) is 0 Å². The second-order valence-electron chi connectivity index (χ2n) is 4.65. The van der Waals surface area contributed by atoms with E-state index in [-0.39, 0.29) is 0 Å². The van der Waals surface area contributed by atoms with E-state index in [1.807, 2.05) is 0 Å². The van der Waals surface area contributed by atoms with Gasteiger partial charge in [-0.3, -0.25) is 0 Å². The van der Waals surface area contributed by atoms with Crippen LogP contribution in [0.3, 0.4) is 0 Å². The summed E-state index contributed by atoms with van der Waals surface area (Å²) in [5, 5.41) is 0. The number of hydrogen-bond acceptors (Lipinski definition) is 0. The molecule has 2 rings (SSSR count). The van der Waals surface area contributed by atoms with E-state index in [2.05, 4.69) is 78.6 Å². The summed E-state index contributed by atoms with van der Waals surface area (Å²) < 4.78 is 44.5. The van der Waals surface area contributed by atoms with Crippen molar-refractivity contribution < 1.29 is 17.3 Å². The van der Waals surface area contributed by atoms with Crippen molar-refractivity contribution in [2.24, 2.45) is 0 Å². The molecule has 0 spiro atoms. The smallest absolute Gasteiger partial charge is 0.418 e. The van der Waals surface area contributed by atoms with Crippen LogP contribution in [0.5, 0.6) is 0 Å². The van der Waals surface area contributed by atoms with Gasteiger partial charge in [0.1, 0.15) is 0 Å². The molecule has 2 aromatic rings. The minimum absolute atomic E-state index is 1.43. The molecule has 0 aliphatic carbocycles. The van der Waals surface area contributed by atoms with Crippen LogP contribution in [0.25, 0.3) is 0 Å². The summed E-state index contributed by atoms with van der Waals surface area (Å²) >= 11 is -1.51. The molecule has 0 radical (unpaired) electrons. The molecule has 0 N–H and O–H groups in total. The normalized spacial score (nSPS) is 10.7. The van der Waals surface area contributed by atoms with Crippen LogP contribution in [0, 0.1) is 0 Å². The van der Waals surface area contributed by atoms with Gasteiger partial charge in [-0.05, 0) is 0 Å². The van der Waals surface area contributed by atoms with Crippen LogP contribution in [-0.2, 0) is 0 Å². The van der Waals surface area contributed by atoms with Gasteiger partial charge in [0.2, 0.25) is 0 Å². The molecule has 0 aliphatic heterocycles. The molecule has 0 saturated heterocycles. The van der Waals surface area contributed by atoms with Gasteiger partial charge in [-0.25, -0.2) is 0 Å². The molecule has 0 aromatic heterocycles. The topological polar surface area (TPSA) is 0 Å². The minimum Gasteiger partial charge on any atom is -0.418 e. The van der Waals surface area contributed by atoms with Crippen molar-refractivity contribution in [3.63, 3.8) is 0 Å². The number of rotatable bonds is 3. The zero-order valence-corrected chi connectivity index (χ0v) is 14.7. The van der Waals surface area contributed by atoms with Crippen LogP contribution < -0.4 is 7.22 Å². The van der Waals surface area contributed by atoms with Crippen molar-refractivity contribution in [2.75, 3.05) is 0 Å². The fraction of sp³-hybridized carbons (Fsp3) is 0.125. The van der Waals surface area contributed by atoms with Crippen molar-refractivity contribution in [1.82, 2.24) is 0 Å². The van der Waals surface area contributed by atoms with Crippen LogP contribution in [0.15, 0.2) is 70.4 Å². The number of allylic oxidation sites excluding steroid dienone is 1. The van der Waals surface area contributed by atoms with E-state index in [1.54, 1.807) is 0 Å². The van der Waals surface area contributed by atoms with Gasteiger partial charge in [0.05, 0.1) is 0 Å². The van der Waals surface area contributed by atoms with Gasteiger partial charge in [0, 0.05) is 0 Å². The van der Waals surface area contributed by atoms with Gasteiger partial charge in [-0.15, -0.1) is 0 Å². The summed E-state index contributed by atoms with van der Waals surface area (Å²) in [5.74, 6) is 0. The predicted molar refractivity (Wildman–Crippen MR) is 87.5 cm³/mol. The molecule has 0 bridgehead atoms. The van der Waals surface area contributed by atoms with E-state index in [0.29, 0.717) is 0 Å². The molecule has 2 aromatic carbocycles. The summed E-state index contributed by atoms with van der Waals surface area (Å²) in [7, 11) is -6.00. The molecule has 0 saturated carbocycles. The van der Waals surface area contributed by atoms with E-state index < -0.39 is 26.8 Å². The molecule has 0 heterocycles. The van der Waals surface area contributed by atoms with Gasteiger partial charge in [-0.2, -0.15) is 0 Å². The second-order valence-corrected chi connectivity index (χ2v) is 9.95. The van der Waals surface area contributed by atoms with E-state index in [1.165, 1.54) is 12.8 Å². The fourth-order valence-electron chi connectivity index (χ4n) is 1.64. The first-order chi connectivity index (χ1) is 10.3. The summed E-state index contributed by atoms with van der Waals surface area (Å²) in [6.45, 7) is 4.39. The third-order valence-corrected chi connectivity index (χ3v) is 8.82. The summed E-state index contributed by atoms with van der Waals surface area (Å²) in [4.78, 5) is 0. The zero-order chi connectivity index (χ0) is 16.6. The Morgan fingerprint density at radius 1 is 0.773 bits per heavy atom. The van der Waals surface area contributed by atoms with Crippen LogP contribution >= 0.6 is 0 Å². The predicted octanol–water partition coefficient (Wildman–Crippen LogP) is 4.10. The molecular weight excluding hydrogens is 407 g/mol. The fourth-order valence-corrected chi connectivity index (χ4v) is 7.11. The third-order valence-electron chi connectivity index (χ3n) is 2.35. The monoisotopic (exact) mass is 426 g/mol. The van der Waals surface area contributed by atoms with E-state index in [0.717, 1.165) is 0 Å². The van der Waals surface area contributed by atoms with Gasteiger partial charge in [0.25, 0.3) is 0 Å². The largest absolute Gasteiger partial charge is 0.673 e. The van der Waals surface area contributed by atoms with E-state index >= 15 is 0 Å². The summed E-state index contributed by atoms with van der Waals surface area (Å²) in [6.07, 6.45) is 0. The van der Waals surface area contributed by atoms with Crippen LogP contribution in [0.4, 0.5) is 17.3 Å². The van der Waals surface area contributed by atoms with Crippen LogP contribution in [0.1, 0.15) is 13.8 Å². The van der Waals surface area contributed by atoms with E-state index in [4.69, 9.17) is 0 Å². The Balaban J connectivity index is 0.000000422. The Morgan fingerprint density at radius 2 is 1.09 bits per heavy atom. The van der Waals surface area contributed by atoms with Crippen LogP contribution in [-0.4, -0.2) is 26.8 Å². The molecule has 22 heavy (non-hydrogen) atoms. The minimum atomic E-state index is -6.00. The third kappa shape index (κ3) is 8.26. The summed E-state index contributed by atoms with van der Waals surface area (Å²) in [5.41, 5.74) is 1.43. The Hall–Kier alpha value is -1.25. The number of hydrogen-bond donors (Lipinski definition) is 0. The second kappa shape index (κ2) is 9.02. The quantitative estimate of drug-likeness (QED) is 0.515. The molecule has 0 atom stereocenters. The Kier molecular flexibility index (Phi) is 7.71. The first-order valence-electron chi connectivity index (χ1n) is 6.63. The molecule has 118 valence electrons. The van der Waals surface area contributed by atoms with Crippen molar-refractivity contribution in [3.8, 4) is 0 Å². The summed E-state index contributed by atoms with van der Waals surface area (Å²) in [6, 6.07) is 21.8. The van der Waals surface area contributed by atoms with Crippen molar-refractivity contribution in [2.45, 2.75) is 13.8 Å². The van der Waals surface area contributed by atoms with Crippen molar-refractivity contribution >= 4 is 34.0 Å². The van der Waals surface area contributed by atoms with Crippen molar-refractivity contribution in [3.05, 3.63) is 70.4 Å². The first kappa shape index (κ1) is 18.8. The molecule has 0 nitrogen and oxygen atoms in total. The number of halogens is 4. The standard InChI is InChI=1S/C16H17Te.BF4/c1-14(2)13-17(15-9-5-3-6-10-15)16-11-7-4-8-12-16;2-1(3,4)5/h3-13H,1-2H3;/q+1;-1. The molecule has 6 heteroatoms. The Labute approximate surface area is 135 Å². The maximum Gasteiger partial charge on any atom is 0.673 e. The van der Waals surface area contributed by atoms with Gasteiger partial charge in [-0.1, -0.05) is 0 Å². The Bertz CT molecular complexity index is 533. The Morgan fingerprint density at radius 3 is 1.36 bits per heavy atom. The molecule has 0 amide bonds. The van der Waals surface area contributed by atoms with E-state index in [9.17, 15) is 17.3 Å². The molecular formula is C16H17BF4Te. The average Bonchev–Trinajstić information content (AvgIpc) is 2.45. The maximum absolute atomic E-state index is 9.75. The van der Waals surface area contributed by atoms with Crippen molar-refractivity contribution in [1.29, 1.82) is 0 Å². The molecule has 0 unspecified atom stereocenters. The number of benzene rings is 2. The van der Waals surface area contributed by atoms with Gasteiger partial charge < -0.3 is 17.3 Å². The molecule has 0 fully saturated rings. The van der Waals surface area contributed by atoms with Gasteiger partial charge >= 0.3 is 118 Å². The SMILES string of the molecule is CC(C)=C[Te+](c1ccccc1)c1ccccc1.F[B-](F)(F)F. The first-order valence-corrected chi connectivity index (χ1v) is 10.3. The van der Waals surface area contributed by atoms with Gasteiger partial charge in [0.15, 0.2) is 0 Å². The molecule has 0 aliphatic rings. The average molecular weight is 424 g/mol. The maximum atomic E-state index is 9.75.